The average Bonchev–Trinajstić information content (AvgIpc) is 2.30. The number of aromatic nitrogens is 1. The molecule has 1 saturated heterocycles. The van der Waals surface area contributed by atoms with Gasteiger partial charge in [-0.05, 0) is 32.4 Å². The van der Waals surface area contributed by atoms with E-state index in [4.69, 9.17) is 0 Å². The highest BCUT2D eigenvalue weighted by Gasteiger charge is 2.24. The van der Waals surface area contributed by atoms with Gasteiger partial charge in [-0.1, -0.05) is 12.5 Å². The second-order valence-electron chi connectivity index (χ2n) is 4.19. The molecule has 2 heterocycles. The molecule has 0 aliphatic carbocycles. The summed E-state index contributed by atoms with van der Waals surface area (Å²) in [7, 11) is 0. The van der Waals surface area contributed by atoms with Crippen LogP contribution in [0.15, 0.2) is 18.3 Å². The van der Waals surface area contributed by atoms with Crippen LogP contribution in [0.5, 0.6) is 0 Å². The van der Waals surface area contributed by atoms with Crippen molar-refractivity contribution in [2.75, 3.05) is 6.54 Å². The Morgan fingerprint density at radius 2 is 2.33 bits per heavy atom. The number of pyridine rings is 1. The van der Waals surface area contributed by atoms with Crippen molar-refractivity contribution in [2.24, 2.45) is 0 Å². The minimum absolute atomic E-state index is 0.0248. The maximum absolute atomic E-state index is 14.1. The Morgan fingerprint density at radius 1 is 1.47 bits per heavy atom. The zero-order valence-electron chi connectivity index (χ0n) is 9.04. The third kappa shape index (κ3) is 2.53. The lowest BCUT2D eigenvalue weighted by molar-refractivity contribution is 0.221. The Bertz CT molecular complexity index is 304. The number of aryl methyl sites for hydroxylation is 1. The van der Waals surface area contributed by atoms with Crippen LogP contribution >= 0.6 is 0 Å². The molecular formula is C12H17FN2. The van der Waals surface area contributed by atoms with E-state index in [1.54, 1.807) is 6.20 Å². The number of halogens is 1. The predicted molar refractivity (Wildman–Crippen MR) is 58.5 cm³/mol. The van der Waals surface area contributed by atoms with Crippen molar-refractivity contribution in [3.63, 3.8) is 0 Å². The van der Waals surface area contributed by atoms with E-state index in [1.807, 2.05) is 19.1 Å². The van der Waals surface area contributed by atoms with Gasteiger partial charge in [-0.2, -0.15) is 0 Å². The van der Waals surface area contributed by atoms with Gasteiger partial charge in [0.25, 0.3) is 0 Å². The average molecular weight is 208 g/mol. The number of piperidine rings is 1. The minimum Gasteiger partial charge on any atom is -0.311 e. The fraction of sp³-hybridized carbons (Fsp3) is 0.583. The van der Waals surface area contributed by atoms with Crippen LogP contribution in [0.25, 0.3) is 0 Å². The van der Waals surface area contributed by atoms with E-state index in [0.29, 0.717) is 5.56 Å². The van der Waals surface area contributed by atoms with E-state index in [1.165, 1.54) is 0 Å². The summed E-state index contributed by atoms with van der Waals surface area (Å²) in [5.74, 6) is 0. The standard InChI is InChI=1S/C12H17FN2/c1-9-5-6-10(8-15-9)12(13)11-4-2-3-7-14-11/h5-6,8,11-12,14H,2-4,7H2,1H3. The molecule has 1 aliphatic heterocycles. The molecule has 3 heteroatoms. The third-order valence-electron chi connectivity index (χ3n) is 2.95. The highest BCUT2D eigenvalue weighted by molar-refractivity contribution is 5.17. The van der Waals surface area contributed by atoms with Crippen molar-refractivity contribution < 1.29 is 4.39 Å². The molecule has 2 unspecified atom stereocenters. The number of nitrogens with zero attached hydrogens (tertiary/aromatic N) is 1. The van der Waals surface area contributed by atoms with E-state index in [9.17, 15) is 4.39 Å². The normalized spacial score (nSPS) is 23.7. The minimum atomic E-state index is -0.918. The molecule has 1 aromatic rings. The van der Waals surface area contributed by atoms with Crippen molar-refractivity contribution in [3.8, 4) is 0 Å². The van der Waals surface area contributed by atoms with Crippen LogP contribution in [-0.2, 0) is 0 Å². The van der Waals surface area contributed by atoms with Crippen LogP contribution in [0.4, 0.5) is 4.39 Å². The van der Waals surface area contributed by atoms with Crippen molar-refractivity contribution in [1.82, 2.24) is 10.3 Å². The summed E-state index contributed by atoms with van der Waals surface area (Å²) >= 11 is 0. The van der Waals surface area contributed by atoms with Gasteiger partial charge < -0.3 is 5.32 Å². The first kappa shape index (κ1) is 10.6. The van der Waals surface area contributed by atoms with Crippen molar-refractivity contribution >= 4 is 0 Å². The summed E-state index contributed by atoms with van der Waals surface area (Å²) in [6.07, 6.45) is 3.94. The fourth-order valence-corrected chi connectivity index (χ4v) is 2.00. The smallest absolute Gasteiger partial charge is 0.142 e. The van der Waals surface area contributed by atoms with Gasteiger partial charge in [0.2, 0.25) is 0 Å². The van der Waals surface area contributed by atoms with E-state index in [0.717, 1.165) is 31.5 Å². The highest BCUT2D eigenvalue weighted by atomic mass is 19.1. The fourth-order valence-electron chi connectivity index (χ4n) is 2.00. The molecule has 1 aromatic heterocycles. The van der Waals surface area contributed by atoms with Gasteiger partial charge in [0.05, 0.1) is 0 Å². The summed E-state index contributed by atoms with van der Waals surface area (Å²) in [5, 5.41) is 3.23. The number of hydrogen-bond acceptors (Lipinski definition) is 2. The zero-order valence-corrected chi connectivity index (χ0v) is 9.04. The van der Waals surface area contributed by atoms with Crippen LogP contribution in [0.3, 0.4) is 0 Å². The Labute approximate surface area is 89.9 Å². The molecule has 1 fully saturated rings. The number of hydrogen-bond donors (Lipinski definition) is 1. The van der Waals surface area contributed by atoms with E-state index < -0.39 is 6.17 Å². The quantitative estimate of drug-likeness (QED) is 0.808. The first-order valence-corrected chi connectivity index (χ1v) is 5.57. The topological polar surface area (TPSA) is 24.9 Å². The van der Waals surface area contributed by atoms with Crippen LogP contribution in [0.1, 0.15) is 36.7 Å². The molecule has 2 rings (SSSR count). The molecule has 2 nitrogen and oxygen atoms in total. The van der Waals surface area contributed by atoms with Crippen molar-refractivity contribution in [1.29, 1.82) is 0 Å². The van der Waals surface area contributed by atoms with Gasteiger partial charge in [0.1, 0.15) is 6.17 Å². The zero-order chi connectivity index (χ0) is 10.7. The van der Waals surface area contributed by atoms with Gasteiger partial charge in [0.15, 0.2) is 0 Å². The largest absolute Gasteiger partial charge is 0.311 e. The maximum atomic E-state index is 14.1. The molecule has 0 radical (unpaired) electrons. The molecule has 0 spiro atoms. The Hall–Kier alpha value is -0.960. The molecule has 0 amide bonds. The summed E-state index contributed by atoms with van der Waals surface area (Å²) in [6.45, 7) is 2.85. The molecule has 2 atom stereocenters. The van der Waals surface area contributed by atoms with Crippen LogP contribution in [0.2, 0.25) is 0 Å². The van der Waals surface area contributed by atoms with Gasteiger partial charge in [-0.3, -0.25) is 4.98 Å². The highest BCUT2D eigenvalue weighted by Crippen LogP contribution is 2.25. The van der Waals surface area contributed by atoms with Crippen LogP contribution < -0.4 is 5.32 Å². The van der Waals surface area contributed by atoms with Crippen molar-refractivity contribution in [3.05, 3.63) is 29.6 Å². The maximum Gasteiger partial charge on any atom is 0.142 e. The molecule has 0 aromatic carbocycles. The van der Waals surface area contributed by atoms with E-state index in [-0.39, 0.29) is 6.04 Å². The Balaban J connectivity index is 2.05. The first-order chi connectivity index (χ1) is 7.27. The summed E-state index contributed by atoms with van der Waals surface area (Å²) < 4.78 is 14.1. The number of nitrogens with one attached hydrogen (secondary N) is 1. The van der Waals surface area contributed by atoms with Gasteiger partial charge in [-0.25, -0.2) is 4.39 Å². The molecule has 1 N–H and O–H groups in total. The SMILES string of the molecule is Cc1ccc(C(F)C2CCCCN2)cn1. The van der Waals surface area contributed by atoms with E-state index in [2.05, 4.69) is 10.3 Å². The molecule has 0 saturated carbocycles. The Morgan fingerprint density at radius 3 is 2.93 bits per heavy atom. The summed E-state index contributed by atoms with van der Waals surface area (Å²) in [5.41, 5.74) is 1.63. The van der Waals surface area contributed by atoms with E-state index >= 15 is 0 Å². The lowest BCUT2D eigenvalue weighted by Gasteiger charge is -2.26. The second-order valence-corrected chi connectivity index (χ2v) is 4.19. The van der Waals surface area contributed by atoms with Crippen LogP contribution in [-0.4, -0.2) is 17.6 Å². The second kappa shape index (κ2) is 4.71. The number of rotatable bonds is 2. The van der Waals surface area contributed by atoms with Gasteiger partial charge in [0, 0.05) is 23.5 Å². The van der Waals surface area contributed by atoms with Crippen LogP contribution in [0, 0.1) is 6.92 Å². The predicted octanol–water partition coefficient (Wildman–Crippen LogP) is 2.54. The monoisotopic (exact) mass is 208 g/mol. The molecule has 82 valence electrons. The Kier molecular flexibility index (Phi) is 3.31. The lowest BCUT2D eigenvalue weighted by Crippen LogP contribution is -2.37. The number of alkyl halides is 1. The van der Waals surface area contributed by atoms with Gasteiger partial charge >= 0.3 is 0 Å². The summed E-state index contributed by atoms with van der Waals surface area (Å²) in [4.78, 5) is 4.13. The molecular weight excluding hydrogens is 191 g/mol. The van der Waals surface area contributed by atoms with Gasteiger partial charge in [-0.15, -0.1) is 0 Å². The lowest BCUT2D eigenvalue weighted by atomic mass is 9.97. The molecule has 15 heavy (non-hydrogen) atoms. The van der Waals surface area contributed by atoms with Crippen molar-refractivity contribution in [2.45, 2.75) is 38.4 Å². The summed E-state index contributed by atoms with van der Waals surface area (Å²) in [6, 6.07) is 3.68. The molecule has 0 bridgehead atoms. The molecule has 1 aliphatic rings. The third-order valence-corrected chi connectivity index (χ3v) is 2.95. The first-order valence-electron chi connectivity index (χ1n) is 5.57.